The minimum absolute atomic E-state index is 0.0595. The monoisotopic (exact) mass is 340 g/mol. The number of benzene rings is 2. The molecule has 6 nitrogen and oxygen atoms in total. The number of hydrogen-bond acceptors (Lipinski definition) is 4. The molecule has 0 saturated carbocycles. The highest BCUT2D eigenvalue weighted by atomic mass is 16.5. The molecule has 1 heterocycles. The molecular weight excluding hydrogens is 320 g/mol. The zero-order valence-corrected chi connectivity index (χ0v) is 14.2. The fourth-order valence-corrected chi connectivity index (χ4v) is 2.60. The van der Waals surface area contributed by atoms with Crippen molar-refractivity contribution in [2.24, 2.45) is 0 Å². The van der Waals surface area contributed by atoms with Crippen LogP contribution < -0.4 is 19.7 Å². The summed E-state index contributed by atoms with van der Waals surface area (Å²) in [7, 11) is 0. The van der Waals surface area contributed by atoms with Gasteiger partial charge in [-0.1, -0.05) is 17.7 Å². The summed E-state index contributed by atoms with van der Waals surface area (Å²) in [4.78, 5) is 25.5. The Morgan fingerprint density at radius 1 is 1.20 bits per heavy atom. The number of hydrogen-bond donors (Lipinski definition) is 1. The van der Waals surface area contributed by atoms with Crippen molar-refractivity contribution in [3.05, 3.63) is 48.0 Å². The second kappa shape index (κ2) is 7.25. The molecule has 6 heteroatoms. The van der Waals surface area contributed by atoms with Crippen molar-refractivity contribution in [1.82, 2.24) is 0 Å². The number of carbonyl (C=O) groups excluding carboxylic acids is 2. The molecule has 0 atom stereocenters. The normalized spacial score (nSPS) is 12.8. The fourth-order valence-electron chi connectivity index (χ4n) is 2.60. The number of amides is 2. The van der Waals surface area contributed by atoms with E-state index in [0.29, 0.717) is 36.0 Å². The number of aryl methyl sites for hydroxylation is 1. The van der Waals surface area contributed by atoms with E-state index in [0.717, 1.165) is 5.56 Å². The summed E-state index contributed by atoms with van der Waals surface area (Å²) < 4.78 is 11.0. The largest absolute Gasteiger partial charge is 0.490 e. The highest BCUT2D eigenvalue weighted by Crippen LogP contribution is 2.34. The Hall–Kier alpha value is -3.02. The van der Waals surface area contributed by atoms with Crippen LogP contribution in [0.4, 0.5) is 11.4 Å². The van der Waals surface area contributed by atoms with Gasteiger partial charge in [0, 0.05) is 12.6 Å². The highest BCUT2D eigenvalue weighted by Gasteiger charge is 2.21. The Labute approximate surface area is 146 Å². The number of rotatable bonds is 4. The molecule has 1 aliphatic heterocycles. The maximum Gasteiger partial charge on any atom is 0.262 e. The van der Waals surface area contributed by atoms with Gasteiger partial charge >= 0.3 is 0 Å². The third-order valence-electron chi connectivity index (χ3n) is 3.88. The van der Waals surface area contributed by atoms with E-state index in [2.05, 4.69) is 5.32 Å². The van der Waals surface area contributed by atoms with E-state index in [1.165, 1.54) is 6.92 Å². The molecule has 2 aromatic rings. The molecule has 1 aliphatic rings. The molecule has 25 heavy (non-hydrogen) atoms. The van der Waals surface area contributed by atoms with Crippen LogP contribution >= 0.6 is 0 Å². The Morgan fingerprint density at radius 2 is 1.96 bits per heavy atom. The fraction of sp³-hybridized carbons (Fsp3) is 0.263. The summed E-state index contributed by atoms with van der Waals surface area (Å²) in [5.74, 6) is 0.944. The first-order valence-electron chi connectivity index (χ1n) is 8.07. The van der Waals surface area contributed by atoms with Crippen LogP contribution in [0.5, 0.6) is 11.5 Å². The molecule has 0 bridgehead atoms. The van der Waals surface area contributed by atoms with Crippen LogP contribution in [-0.2, 0) is 9.59 Å². The zero-order chi connectivity index (χ0) is 17.8. The molecule has 2 amide bonds. The molecule has 0 radical (unpaired) electrons. The average Bonchev–Trinajstić information content (AvgIpc) is 2.60. The molecule has 2 aromatic carbocycles. The van der Waals surface area contributed by atoms with Gasteiger partial charge in [0.2, 0.25) is 5.91 Å². The van der Waals surface area contributed by atoms with Gasteiger partial charge in [0.1, 0.15) is 18.1 Å². The van der Waals surface area contributed by atoms with Gasteiger partial charge in [-0.05, 0) is 37.3 Å². The summed E-state index contributed by atoms with van der Waals surface area (Å²) in [6.07, 6.45) is 0. The molecule has 0 aromatic heterocycles. The van der Waals surface area contributed by atoms with Gasteiger partial charge in [-0.2, -0.15) is 0 Å². The first kappa shape index (κ1) is 16.8. The van der Waals surface area contributed by atoms with Crippen molar-refractivity contribution >= 4 is 23.2 Å². The van der Waals surface area contributed by atoms with E-state index < -0.39 is 0 Å². The van der Waals surface area contributed by atoms with Gasteiger partial charge in [-0.3, -0.25) is 9.59 Å². The van der Waals surface area contributed by atoms with Crippen molar-refractivity contribution in [1.29, 1.82) is 0 Å². The first-order valence-corrected chi connectivity index (χ1v) is 8.07. The van der Waals surface area contributed by atoms with Crippen LogP contribution in [0.3, 0.4) is 0 Å². The van der Waals surface area contributed by atoms with E-state index in [4.69, 9.17) is 9.47 Å². The third-order valence-corrected chi connectivity index (χ3v) is 3.88. The van der Waals surface area contributed by atoms with Gasteiger partial charge < -0.3 is 19.7 Å². The average molecular weight is 340 g/mol. The number of nitrogens with one attached hydrogen (secondary N) is 1. The van der Waals surface area contributed by atoms with Crippen molar-refractivity contribution in [2.45, 2.75) is 13.8 Å². The SMILES string of the molecule is CC(=O)N1CCOc2ccc(NC(=O)COc3ccc(C)cc3)cc21. The quantitative estimate of drug-likeness (QED) is 0.929. The Morgan fingerprint density at radius 3 is 2.68 bits per heavy atom. The molecule has 0 aliphatic carbocycles. The van der Waals surface area contributed by atoms with Crippen LogP contribution in [0, 0.1) is 6.92 Å². The van der Waals surface area contributed by atoms with E-state index in [1.807, 2.05) is 31.2 Å². The molecule has 0 saturated heterocycles. The van der Waals surface area contributed by atoms with Gasteiger partial charge in [0.05, 0.1) is 12.2 Å². The van der Waals surface area contributed by atoms with Gasteiger partial charge in [0.25, 0.3) is 5.91 Å². The molecule has 3 rings (SSSR count). The predicted octanol–water partition coefficient (Wildman–Crippen LogP) is 2.76. The lowest BCUT2D eigenvalue weighted by molar-refractivity contribution is -0.118. The molecular formula is C19H20N2O4. The van der Waals surface area contributed by atoms with Crippen molar-refractivity contribution in [2.75, 3.05) is 30.0 Å². The van der Waals surface area contributed by atoms with Crippen molar-refractivity contribution < 1.29 is 19.1 Å². The number of carbonyl (C=O) groups is 2. The van der Waals surface area contributed by atoms with Gasteiger partial charge in [-0.15, -0.1) is 0 Å². The van der Waals surface area contributed by atoms with Crippen LogP contribution in [0.2, 0.25) is 0 Å². The molecule has 0 spiro atoms. The third kappa shape index (κ3) is 4.09. The summed E-state index contributed by atoms with van der Waals surface area (Å²) in [6.45, 7) is 4.36. The lowest BCUT2D eigenvalue weighted by atomic mass is 10.2. The maximum atomic E-state index is 12.1. The Kier molecular flexibility index (Phi) is 4.88. The van der Waals surface area contributed by atoms with E-state index in [1.54, 1.807) is 23.1 Å². The standard InChI is InChI=1S/C19H20N2O4/c1-13-3-6-16(7-4-13)25-12-19(23)20-15-5-8-18-17(11-15)21(14(2)22)9-10-24-18/h3-8,11H,9-10,12H2,1-2H3,(H,20,23). The number of fused-ring (bicyclic) bond motifs is 1. The second-order valence-electron chi connectivity index (χ2n) is 5.85. The van der Waals surface area contributed by atoms with Crippen LogP contribution in [0.1, 0.15) is 12.5 Å². The first-order chi connectivity index (χ1) is 12.0. The number of nitrogens with zero attached hydrogens (tertiary/aromatic N) is 1. The topological polar surface area (TPSA) is 67.9 Å². The number of ether oxygens (including phenoxy) is 2. The van der Waals surface area contributed by atoms with Crippen molar-refractivity contribution in [3.63, 3.8) is 0 Å². The minimum Gasteiger partial charge on any atom is -0.490 e. The van der Waals surface area contributed by atoms with Crippen LogP contribution in [-0.4, -0.2) is 31.6 Å². The summed E-state index contributed by atoms with van der Waals surface area (Å²) >= 11 is 0. The van der Waals surface area contributed by atoms with Gasteiger partial charge in [-0.25, -0.2) is 0 Å². The zero-order valence-electron chi connectivity index (χ0n) is 14.2. The predicted molar refractivity (Wildman–Crippen MR) is 95.3 cm³/mol. The van der Waals surface area contributed by atoms with Gasteiger partial charge in [0.15, 0.2) is 6.61 Å². The van der Waals surface area contributed by atoms with E-state index >= 15 is 0 Å². The molecule has 1 N–H and O–H groups in total. The van der Waals surface area contributed by atoms with Crippen LogP contribution in [0.15, 0.2) is 42.5 Å². The maximum absolute atomic E-state index is 12.1. The van der Waals surface area contributed by atoms with Crippen molar-refractivity contribution in [3.8, 4) is 11.5 Å². The lowest BCUT2D eigenvalue weighted by Crippen LogP contribution is -2.36. The number of anilines is 2. The highest BCUT2D eigenvalue weighted by molar-refractivity contribution is 5.96. The molecule has 0 fully saturated rings. The lowest BCUT2D eigenvalue weighted by Gasteiger charge is -2.29. The summed E-state index contributed by atoms with van der Waals surface area (Å²) in [6, 6.07) is 12.7. The molecule has 130 valence electrons. The summed E-state index contributed by atoms with van der Waals surface area (Å²) in [5, 5.41) is 2.78. The minimum atomic E-state index is -0.272. The molecule has 0 unspecified atom stereocenters. The van der Waals surface area contributed by atoms with E-state index in [-0.39, 0.29) is 18.4 Å². The smallest absolute Gasteiger partial charge is 0.262 e. The second-order valence-corrected chi connectivity index (χ2v) is 5.85. The summed E-state index contributed by atoms with van der Waals surface area (Å²) in [5.41, 5.74) is 2.38. The van der Waals surface area contributed by atoms with E-state index in [9.17, 15) is 9.59 Å². The Bertz CT molecular complexity index is 787. The Balaban J connectivity index is 1.64. The van der Waals surface area contributed by atoms with Crippen LogP contribution in [0.25, 0.3) is 0 Å².